The Bertz CT molecular complexity index is 968. The SMILES string of the molecule is N[C@@H](CNC(=O)Cc1ccc(OCc2cccc3ccccc23)cn1)C(=O)O. The van der Waals surface area contributed by atoms with E-state index in [2.05, 4.69) is 28.5 Å². The minimum absolute atomic E-state index is 0.0376. The van der Waals surface area contributed by atoms with Gasteiger partial charge in [-0.05, 0) is 28.5 Å². The van der Waals surface area contributed by atoms with Crippen molar-refractivity contribution >= 4 is 22.6 Å². The molecule has 0 radical (unpaired) electrons. The number of benzene rings is 2. The summed E-state index contributed by atoms with van der Waals surface area (Å²) in [5.74, 6) is -0.898. The van der Waals surface area contributed by atoms with Gasteiger partial charge in [-0.15, -0.1) is 0 Å². The van der Waals surface area contributed by atoms with Crippen LogP contribution < -0.4 is 15.8 Å². The topological polar surface area (TPSA) is 115 Å². The molecule has 0 aliphatic heterocycles. The number of carbonyl (C=O) groups is 2. The number of pyridine rings is 1. The lowest BCUT2D eigenvalue weighted by molar-refractivity contribution is -0.138. The van der Waals surface area contributed by atoms with Crippen molar-refractivity contribution < 1.29 is 19.4 Å². The summed E-state index contributed by atoms with van der Waals surface area (Å²) >= 11 is 0. The third kappa shape index (κ3) is 5.05. The van der Waals surface area contributed by atoms with E-state index in [-0.39, 0.29) is 18.9 Å². The number of carboxylic acid groups (broad SMARTS) is 1. The number of amides is 1. The number of fused-ring (bicyclic) bond motifs is 1. The Balaban J connectivity index is 1.54. The Labute approximate surface area is 162 Å². The van der Waals surface area contributed by atoms with Gasteiger partial charge < -0.3 is 20.9 Å². The molecule has 3 aromatic rings. The zero-order chi connectivity index (χ0) is 19.9. The van der Waals surface area contributed by atoms with E-state index < -0.39 is 12.0 Å². The molecule has 0 spiro atoms. The highest BCUT2D eigenvalue weighted by Crippen LogP contribution is 2.20. The van der Waals surface area contributed by atoms with Gasteiger partial charge in [-0.2, -0.15) is 0 Å². The number of aliphatic carboxylic acids is 1. The van der Waals surface area contributed by atoms with E-state index in [1.807, 2.05) is 24.3 Å². The first kappa shape index (κ1) is 19.3. The van der Waals surface area contributed by atoms with Gasteiger partial charge >= 0.3 is 5.97 Å². The first-order valence-corrected chi connectivity index (χ1v) is 8.82. The average Bonchev–Trinajstić information content (AvgIpc) is 2.71. The van der Waals surface area contributed by atoms with Crippen molar-refractivity contribution in [1.29, 1.82) is 0 Å². The zero-order valence-corrected chi connectivity index (χ0v) is 15.2. The first-order valence-electron chi connectivity index (χ1n) is 8.82. The van der Waals surface area contributed by atoms with Crippen LogP contribution in [0.15, 0.2) is 60.8 Å². The van der Waals surface area contributed by atoms with Crippen LogP contribution in [0.5, 0.6) is 5.75 Å². The van der Waals surface area contributed by atoms with E-state index in [0.717, 1.165) is 16.3 Å². The average molecular weight is 379 g/mol. The van der Waals surface area contributed by atoms with Crippen LogP contribution in [0, 0.1) is 0 Å². The Morgan fingerprint density at radius 2 is 1.89 bits per heavy atom. The van der Waals surface area contributed by atoms with Gasteiger partial charge in [0.15, 0.2) is 0 Å². The smallest absolute Gasteiger partial charge is 0.322 e. The molecule has 0 aliphatic rings. The van der Waals surface area contributed by atoms with E-state index in [9.17, 15) is 9.59 Å². The number of ether oxygens (including phenoxy) is 1. The maximum atomic E-state index is 11.8. The summed E-state index contributed by atoms with van der Waals surface area (Å²) in [7, 11) is 0. The van der Waals surface area contributed by atoms with E-state index in [1.165, 1.54) is 0 Å². The molecule has 0 unspecified atom stereocenters. The Morgan fingerprint density at radius 3 is 2.64 bits per heavy atom. The summed E-state index contributed by atoms with van der Waals surface area (Å²) in [6, 6.07) is 16.5. The Hall–Kier alpha value is -3.45. The second-order valence-corrected chi connectivity index (χ2v) is 6.34. The van der Waals surface area contributed by atoms with Crippen molar-refractivity contribution in [3.05, 3.63) is 72.1 Å². The monoisotopic (exact) mass is 379 g/mol. The van der Waals surface area contributed by atoms with Gasteiger partial charge in [0.1, 0.15) is 18.4 Å². The highest BCUT2D eigenvalue weighted by Gasteiger charge is 2.13. The maximum absolute atomic E-state index is 11.8. The summed E-state index contributed by atoms with van der Waals surface area (Å²) in [5, 5.41) is 13.5. The standard InChI is InChI=1S/C21H21N3O4/c22-19(21(26)27)12-24-20(25)10-16-8-9-17(11-23-16)28-13-15-6-3-5-14-4-1-2-7-18(14)15/h1-9,11,19H,10,12-13,22H2,(H,24,25)(H,26,27)/t19-/m0/s1. The van der Waals surface area contributed by atoms with Crippen molar-refractivity contribution in [2.75, 3.05) is 6.54 Å². The highest BCUT2D eigenvalue weighted by molar-refractivity contribution is 5.85. The van der Waals surface area contributed by atoms with E-state index in [0.29, 0.717) is 18.1 Å². The molecule has 4 N–H and O–H groups in total. The van der Waals surface area contributed by atoms with Crippen molar-refractivity contribution in [2.24, 2.45) is 5.73 Å². The summed E-state index contributed by atoms with van der Waals surface area (Å²) in [6.07, 6.45) is 1.60. The van der Waals surface area contributed by atoms with Crippen LogP contribution in [0.3, 0.4) is 0 Å². The van der Waals surface area contributed by atoms with Gasteiger partial charge in [-0.1, -0.05) is 42.5 Å². The number of nitrogens with two attached hydrogens (primary N) is 1. The number of rotatable bonds is 8. The predicted octanol–water partition coefficient (Wildman–Crippen LogP) is 1.88. The summed E-state index contributed by atoms with van der Waals surface area (Å²) in [5.41, 5.74) is 6.98. The minimum atomic E-state index is -1.16. The van der Waals surface area contributed by atoms with Crippen molar-refractivity contribution in [2.45, 2.75) is 19.1 Å². The lowest BCUT2D eigenvalue weighted by Crippen LogP contribution is -2.42. The highest BCUT2D eigenvalue weighted by atomic mass is 16.5. The number of carbonyl (C=O) groups excluding carboxylic acids is 1. The largest absolute Gasteiger partial charge is 0.487 e. The van der Waals surface area contributed by atoms with E-state index >= 15 is 0 Å². The molecule has 0 fully saturated rings. The van der Waals surface area contributed by atoms with Crippen LogP contribution in [0.4, 0.5) is 0 Å². The van der Waals surface area contributed by atoms with Crippen LogP contribution >= 0.6 is 0 Å². The van der Waals surface area contributed by atoms with Gasteiger partial charge in [0.2, 0.25) is 5.91 Å². The van der Waals surface area contributed by atoms with Gasteiger partial charge in [0.05, 0.1) is 12.6 Å². The number of carboxylic acids is 1. The minimum Gasteiger partial charge on any atom is -0.487 e. The molecule has 144 valence electrons. The molecule has 28 heavy (non-hydrogen) atoms. The molecule has 0 aliphatic carbocycles. The van der Waals surface area contributed by atoms with Crippen LogP contribution in [0.1, 0.15) is 11.3 Å². The number of aromatic nitrogens is 1. The second-order valence-electron chi connectivity index (χ2n) is 6.34. The number of nitrogens with one attached hydrogen (secondary N) is 1. The molecule has 7 heteroatoms. The molecule has 2 aromatic carbocycles. The Morgan fingerprint density at radius 1 is 1.11 bits per heavy atom. The number of hydrogen-bond donors (Lipinski definition) is 3. The fraction of sp³-hybridized carbons (Fsp3) is 0.190. The van der Waals surface area contributed by atoms with Crippen LogP contribution in [0.2, 0.25) is 0 Å². The molecule has 1 aromatic heterocycles. The van der Waals surface area contributed by atoms with Crippen LogP contribution in [-0.2, 0) is 22.6 Å². The third-order valence-corrected chi connectivity index (χ3v) is 4.25. The number of nitrogens with zero attached hydrogens (tertiary/aromatic N) is 1. The second kappa shape index (κ2) is 8.96. The first-order chi connectivity index (χ1) is 13.5. The van der Waals surface area contributed by atoms with Crippen molar-refractivity contribution in [1.82, 2.24) is 10.3 Å². The normalized spacial score (nSPS) is 11.8. The van der Waals surface area contributed by atoms with E-state index in [4.69, 9.17) is 15.6 Å². The summed E-state index contributed by atoms with van der Waals surface area (Å²) < 4.78 is 5.82. The predicted molar refractivity (Wildman–Crippen MR) is 105 cm³/mol. The molecule has 1 heterocycles. The van der Waals surface area contributed by atoms with Crippen molar-refractivity contribution in [3.63, 3.8) is 0 Å². The summed E-state index contributed by atoms with van der Waals surface area (Å²) in [4.78, 5) is 26.7. The zero-order valence-electron chi connectivity index (χ0n) is 15.2. The van der Waals surface area contributed by atoms with Crippen molar-refractivity contribution in [3.8, 4) is 5.75 Å². The summed E-state index contributed by atoms with van der Waals surface area (Å²) in [6.45, 7) is 0.288. The molecular formula is C21H21N3O4. The number of hydrogen-bond acceptors (Lipinski definition) is 5. The molecule has 3 rings (SSSR count). The van der Waals surface area contributed by atoms with Gasteiger partial charge in [0, 0.05) is 12.2 Å². The van der Waals surface area contributed by atoms with Gasteiger partial charge in [-0.25, -0.2) is 0 Å². The van der Waals surface area contributed by atoms with Crippen LogP contribution in [-0.4, -0.2) is 34.6 Å². The quantitative estimate of drug-likeness (QED) is 0.551. The molecule has 7 nitrogen and oxygen atoms in total. The lowest BCUT2D eigenvalue weighted by atomic mass is 10.1. The fourth-order valence-corrected chi connectivity index (χ4v) is 2.72. The molecule has 0 saturated heterocycles. The van der Waals surface area contributed by atoms with Gasteiger partial charge in [-0.3, -0.25) is 14.6 Å². The lowest BCUT2D eigenvalue weighted by Gasteiger charge is -2.10. The molecule has 0 saturated carbocycles. The Kier molecular flexibility index (Phi) is 6.18. The van der Waals surface area contributed by atoms with Crippen LogP contribution in [0.25, 0.3) is 10.8 Å². The maximum Gasteiger partial charge on any atom is 0.322 e. The third-order valence-electron chi connectivity index (χ3n) is 4.25. The molecule has 0 bridgehead atoms. The molecule has 1 atom stereocenters. The molecule has 1 amide bonds. The molecular weight excluding hydrogens is 358 g/mol. The van der Waals surface area contributed by atoms with E-state index in [1.54, 1.807) is 18.3 Å². The van der Waals surface area contributed by atoms with Gasteiger partial charge in [0.25, 0.3) is 0 Å². The fourth-order valence-electron chi connectivity index (χ4n) is 2.72.